The first-order chi connectivity index (χ1) is 8.04. The Morgan fingerprint density at radius 1 is 1.53 bits per heavy atom. The zero-order chi connectivity index (χ0) is 12.8. The van der Waals surface area contributed by atoms with Gasteiger partial charge in [-0.3, -0.25) is 5.26 Å². The minimum Gasteiger partial charge on any atom is -0.252 e. The van der Waals surface area contributed by atoms with Gasteiger partial charge in [-0.25, -0.2) is 13.7 Å². The number of rotatable bonds is 5. The van der Waals surface area contributed by atoms with Crippen molar-refractivity contribution in [3.63, 3.8) is 0 Å². The molecule has 1 aliphatic rings. The Morgan fingerprint density at radius 2 is 2.24 bits per heavy atom. The molecule has 0 aromatic carbocycles. The van der Waals surface area contributed by atoms with Gasteiger partial charge in [0.05, 0.1) is 0 Å². The summed E-state index contributed by atoms with van der Waals surface area (Å²) in [7, 11) is 0. The molecule has 96 valence electrons. The average molecular weight is 244 g/mol. The van der Waals surface area contributed by atoms with Gasteiger partial charge in [-0.15, -0.1) is 0 Å². The first-order valence-electron chi connectivity index (χ1n) is 5.70. The largest absolute Gasteiger partial charge is 0.252 e. The molecule has 2 nitrogen and oxygen atoms in total. The van der Waals surface area contributed by atoms with Crippen molar-refractivity contribution in [1.29, 1.82) is 0 Å². The molecule has 0 saturated carbocycles. The van der Waals surface area contributed by atoms with Crippen LogP contribution < -0.4 is 0 Å². The fourth-order valence-corrected chi connectivity index (χ4v) is 1.85. The highest BCUT2D eigenvalue weighted by Gasteiger charge is 2.27. The summed E-state index contributed by atoms with van der Waals surface area (Å²) in [5, 5.41) is 8.11. The number of hydrogen-bond donors (Lipinski definition) is 1. The molecule has 1 aliphatic carbocycles. The fourth-order valence-electron chi connectivity index (χ4n) is 1.85. The van der Waals surface area contributed by atoms with E-state index in [-0.39, 0.29) is 12.5 Å². The van der Waals surface area contributed by atoms with Crippen LogP contribution in [0.2, 0.25) is 0 Å². The van der Waals surface area contributed by atoms with Crippen molar-refractivity contribution >= 4 is 0 Å². The number of hydrogen-bond acceptors (Lipinski definition) is 2. The van der Waals surface area contributed by atoms with E-state index < -0.39 is 17.9 Å². The van der Waals surface area contributed by atoms with Crippen molar-refractivity contribution in [2.45, 2.75) is 26.4 Å². The van der Waals surface area contributed by atoms with Crippen LogP contribution in [0.5, 0.6) is 0 Å². The molecule has 0 aliphatic heterocycles. The van der Waals surface area contributed by atoms with Crippen LogP contribution in [0.15, 0.2) is 35.7 Å². The van der Waals surface area contributed by atoms with Crippen molar-refractivity contribution in [3.05, 3.63) is 35.7 Å². The Balaban J connectivity index is 2.69. The molecule has 1 rings (SSSR count). The molecule has 0 aromatic rings. The number of halogens is 2. The molecule has 4 heteroatoms. The third-order valence-electron chi connectivity index (χ3n) is 2.60. The van der Waals surface area contributed by atoms with E-state index in [9.17, 15) is 8.78 Å². The topological polar surface area (TPSA) is 29.5 Å². The maximum absolute atomic E-state index is 13.7. The molecule has 0 radical (unpaired) electrons. The van der Waals surface area contributed by atoms with Crippen LogP contribution in [0.4, 0.5) is 8.78 Å². The minimum absolute atomic E-state index is 0.000819. The van der Waals surface area contributed by atoms with Crippen LogP contribution in [-0.4, -0.2) is 18.0 Å². The lowest BCUT2D eigenvalue weighted by atomic mass is 9.87. The first kappa shape index (κ1) is 14.1. The van der Waals surface area contributed by atoms with Crippen LogP contribution in [0, 0.1) is 11.8 Å². The predicted octanol–water partition coefficient (Wildman–Crippen LogP) is 3.83. The van der Waals surface area contributed by atoms with Crippen molar-refractivity contribution in [2.24, 2.45) is 11.8 Å². The monoisotopic (exact) mass is 244 g/mol. The molecule has 0 amide bonds. The summed E-state index contributed by atoms with van der Waals surface area (Å²) in [4.78, 5) is 3.84. The van der Waals surface area contributed by atoms with E-state index in [0.29, 0.717) is 12.0 Å². The van der Waals surface area contributed by atoms with Gasteiger partial charge in [0.25, 0.3) is 0 Å². The van der Waals surface area contributed by atoms with Gasteiger partial charge in [0, 0.05) is 5.92 Å². The SMILES string of the molecule is CC(C)CC1C(F)=CC(/C=C/COO)=CC1F. The van der Waals surface area contributed by atoms with Crippen LogP contribution in [0.1, 0.15) is 20.3 Å². The normalized spacial score (nSPS) is 25.3. The average Bonchev–Trinajstić information content (AvgIpc) is 2.24. The summed E-state index contributed by atoms with van der Waals surface area (Å²) in [6, 6.07) is 0. The Kier molecular flexibility index (Phi) is 5.51. The summed E-state index contributed by atoms with van der Waals surface area (Å²) in [6.07, 6.45) is 4.94. The molecular weight excluding hydrogens is 226 g/mol. The van der Waals surface area contributed by atoms with E-state index in [2.05, 4.69) is 4.89 Å². The van der Waals surface area contributed by atoms with Crippen LogP contribution in [0.3, 0.4) is 0 Å². The predicted molar refractivity (Wildman–Crippen MR) is 62.8 cm³/mol. The molecular formula is C13H18F2O2. The van der Waals surface area contributed by atoms with Gasteiger partial charge < -0.3 is 0 Å². The maximum atomic E-state index is 13.7. The third-order valence-corrected chi connectivity index (χ3v) is 2.60. The molecule has 0 heterocycles. The highest BCUT2D eigenvalue weighted by atomic mass is 19.1. The van der Waals surface area contributed by atoms with E-state index in [0.717, 1.165) is 0 Å². The van der Waals surface area contributed by atoms with Crippen molar-refractivity contribution < 1.29 is 18.9 Å². The van der Waals surface area contributed by atoms with E-state index in [1.165, 1.54) is 24.3 Å². The summed E-state index contributed by atoms with van der Waals surface area (Å²) in [5.74, 6) is -0.829. The molecule has 0 spiro atoms. The van der Waals surface area contributed by atoms with Crippen LogP contribution >= 0.6 is 0 Å². The van der Waals surface area contributed by atoms with E-state index in [4.69, 9.17) is 5.26 Å². The Morgan fingerprint density at radius 3 is 2.76 bits per heavy atom. The van der Waals surface area contributed by atoms with Gasteiger partial charge in [0.2, 0.25) is 0 Å². The fraction of sp³-hybridized carbons (Fsp3) is 0.538. The lowest BCUT2D eigenvalue weighted by molar-refractivity contribution is -0.231. The Hall–Kier alpha value is -1.00. The van der Waals surface area contributed by atoms with Crippen LogP contribution in [0.25, 0.3) is 0 Å². The molecule has 0 fully saturated rings. The van der Waals surface area contributed by atoms with Gasteiger partial charge in [0.1, 0.15) is 18.6 Å². The van der Waals surface area contributed by atoms with Gasteiger partial charge in [-0.05, 0) is 30.1 Å². The smallest absolute Gasteiger partial charge is 0.128 e. The minimum atomic E-state index is -1.29. The quantitative estimate of drug-likeness (QED) is 0.588. The summed E-state index contributed by atoms with van der Waals surface area (Å²) < 4.78 is 27.4. The molecule has 17 heavy (non-hydrogen) atoms. The molecule has 0 bridgehead atoms. The highest BCUT2D eigenvalue weighted by Crippen LogP contribution is 2.32. The number of allylic oxidation sites excluding steroid dienone is 5. The summed E-state index contributed by atoms with van der Waals surface area (Å²) in [5.41, 5.74) is 0.465. The van der Waals surface area contributed by atoms with Gasteiger partial charge in [-0.1, -0.05) is 26.0 Å². The van der Waals surface area contributed by atoms with Gasteiger partial charge >= 0.3 is 0 Å². The third kappa shape index (κ3) is 4.40. The second kappa shape index (κ2) is 6.67. The highest BCUT2D eigenvalue weighted by molar-refractivity contribution is 5.37. The van der Waals surface area contributed by atoms with Gasteiger partial charge in [0.15, 0.2) is 0 Å². The standard InChI is InChI=1S/C13H18F2O2/c1-9(2)6-11-12(14)7-10(8-13(11)15)4-3-5-17-16/h3-4,7-9,11-12,16H,5-6H2,1-2H3/b4-3+. The zero-order valence-electron chi connectivity index (χ0n) is 10.1. The summed E-state index contributed by atoms with van der Waals surface area (Å²) >= 11 is 0. The number of alkyl halides is 1. The second-order valence-electron chi connectivity index (χ2n) is 4.57. The van der Waals surface area contributed by atoms with E-state index >= 15 is 0 Å². The van der Waals surface area contributed by atoms with Crippen molar-refractivity contribution in [1.82, 2.24) is 0 Å². The van der Waals surface area contributed by atoms with Gasteiger partial charge in [-0.2, -0.15) is 0 Å². The zero-order valence-corrected chi connectivity index (χ0v) is 10.1. The Labute approximate surface area is 100 Å². The molecule has 2 unspecified atom stereocenters. The van der Waals surface area contributed by atoms with Crippen molar-refractivity contribution in [3.8, 4) is 0 Å². The molecule has 0 aromatic heterocycles. The van der Waals surface area contributed by atoms with E-state index in [1.54, 1.807) is 0 Å². The molecule has 0 saturated heterocycles. The lowest BCUT2D eigenvalue weighted by Crippen LogP contribution is -2.20. The Bertz CT molecular complexity index is 332. The maximum Gasteiger partial charge on any atom is 0.128 e. The molecule has 1 N–H and O–H groups in total. The van der Waals surface area contributed by atoms with Crippen LogP contribution in [-0.2, 0) is 4.89 Å². The molecule has 2 atom stereocenters. The first-order valence-corrected chi connectivity index (χ1v) is 5.70. The summed E-state index contributed by atoms with van der Waals surface area (Å²) in [6.45, 7) is 3.88. The lowest BCUT2D eigenvalue weighted by Gasteiger charge is -2.23. The second-order valence-corrected chi connectivity index (χ2v) is 4.57. The van der Waals surface area contributed by atoms with Crippen molar-refractivity contribution in [2.75, 3.05) is 6.61 Å². The van der Waals surface area contributed by atoms with E-state index in [1.807, 2.05) is 13.8 Å².